The number of nitrogens with one attached hydrogen (secondary N) is 1. The zero-order valence-electron chi connectivity index (χ0n) is 16.6. The molecule has 0 amide bonds. The van der Waals surface area contributed by atoms with E-state index < -0.39 is 17.7 Å². The van der Waals surface area contributed by atoms with Crippen molar-refractivity contribution in [3.8, 4) is 0 Å². The van der Waals surface area contributed by atoms with Crippen molar-refractivity contribution in [3.63, 3.8) is 0 Å². The molecule has 5 unspecified atom stereocenters. The minimum absolute atomic E-state index is 0.231. The van der Waals surface area contributed by atoms with Crippen LogP contribution < -0.4 is 11.1 Å². The number of fused-ring (bicyclic) bond motifs is 3. The highest BCUT2D eigenvalue weighted by atomic mass is 32.2. The van der Waals surface area contributed by atoms with Crippen molar-refractivity contribution in [1.82, 2.24) is 15.1 Å². The highest BCUT2D eigenvalue weighted by Crippen LogP contribution is 2.36. The lowest BCUT2D eigenvalue weighted by atomic mass is 9.93. The molecule has 4 aliphatic heterocycles. The summed E-state index contributed by atoms with van der Waals surface area (Å²) in [5.41, 5.74) is 7.04. The fourth-order valence-electron chi connectivity index (χ4n) is 5.09. The van der Waals surface area contributed by atoms with Gasteiger partial charge in [0.2, 0.25) is 0 Å². The topological polar surface area (TPSA) is 74.0 Å². The Bertz CT molecular complexity index is 715. The lowest BCUT2D eigenvalue weighted by Gasteiger charge is -2.40. The first-order chi connectivity index (χ1) is 14.1. The number of benzene rings is 1. The third-order valence-electron chi connectivity index (χ3n) is 6.42. The normalized spacial score (nSPS) is 37.6. The number of halogens is 2. The van der Waals surface area contributed by atoms with E-state index in [2.05, 4.69) is 15.1 Å². The summed E-state index contributed by atoms with van der Waals surface area (Å²) in [5, 5.41) is 10.8. The average molecular weight is 429 g/mol. The molecule has 0 saturated carbocycles. The van der Waals surface area contributed by atoms with E-state index in [4.69, 9.17) is 15.6 Å². The smallest absolute Gasteiger partial charge is 0.129 e. The fourth-order valence-corrected chi connectivity index (χ4v) is 6.33. The first-order valence-electron chi connectivity index (χ1n) is 10.2. The second-order valence-electron chi connectivity index (χ2n) is 8.08. The molecule has 0 spiro atoms. The van der Waals surface area contributed by atoms with Gasteiger partial charge in [0.05, 0.1) is 6.61 Å². The third-order valence-corrected chi connectivity index (χ3v) is 7.67. The lowest BCUT2D eigenvalue weighted by molar-refractivity contribution is -0.0490. The quantitative estimate of drug-likeness (QED) is 0.652. The van der Waals surface area contributed by atoms with Gasteiger partial charge in [0.25, 0.3) is 0 Å². The molecule has 4 fully saturated rings. The Kier molecular flexibility index (Phi) is 6.75. The number of hydrogen-bond donors (Lipinski definition) is 3. The van der Waals surface area contributed by atoms with Crippen LogP contribution >= 0.6 is 11.8 Å². The van der Waals surface area contributed by atoms with Gasteiger partial charge >= 0.3 is 0 Å². The maximum Gasteiger partial charge on any atom is 0.129 e. The Balaban J connectivity index is 0.000000994. The monoisotopic (exact) mass is 428 g/mol. The molecule has 0 aliphatic carbocycles. The molecule has 1 aromatic carbocycles. The number of rotatable bonds is 2. The van der Waals surface area contributed by atoms with Crippen molar-refractivity contribution in [2.45, 2.75) is 48.6 Å². The maximum atomic E-state index is 14.1. The number of aliphatic hydroxyl groups is 1. The summed E-state index contributed by atoms with van der Waals surface area (Å²) >= 11 is 2.01. The van der Waals surface area contributed by atoms with Gasteiger partial charge in [-0.05, 0) is 36.8 Å². The second kappa shape index (κ2) is 9.13. The summed E-state index contributed by atoms with van der Waals surface area (Å²) in [5.74, 6) is 0.321. The lowest BCUT2D eigenvalue weighted by Crippen LogP contribution is -2.51. The predicted molar refractivity (Wildman–Crippen MR) is 109 cm³/mol. The zero-order valence-corrected chi connectivity index (χ0v) is 17.5. The van der Waals surface area contributed by atoms with E-state index in [0.717, 1.165) is 38.8 Å². The summed E-state index contributed by atoms with van der Waals surface area (Å²) in [6, 6.07) is 4.42. The van der Waals surface area contributed by atoms with Crippen molar-refractivity contribution >= 4 is 11.8 Å². The molecular weight excluding hydrogens is 398 g/mol. The molecule has 1 aromatic rings. The largest absolute Gasteiger partial charge is 0.400 e. The molecule has 0 radical (unpaired) electrons. The average Bonchev–Trinajstić information content (AvgIpc) is 3.30. The van der Waals surface area contributed by atoms with Gasteiger partial charge < -0.3 is 15.6 Å². The highest BCUT2D eigenvalue weighted by molar-refractivity contribution is 7.99. The van der Waals surface area contributed by atoms with Crippen LogP contribution in [-0.2, 0) is 4.74 Å². The van der Waals surface area contributed by atoms with E-state index >= 15 is 0 Å². The maximum absolute atomic E-state index is 14.1. The summed E-state index contributed by atoms with van der Waals surface area (Å²) in [6.07, 6.45) is 1.41. The minimum Gasteiger partial charge on any atom is -0.400 e. The van der Waals surface area contributed by atoms with Crippen LogP contribution in [0.3, 0.4) is 0 Å². The SMILES string of the molecule is CO.NC1CC(N2CC3NC4SCCCN4C3C2)CO[C@@H]1c1cc(F)ccc1F. The van der Waals surface area contributed by atoms with Crippen LogP contribution in [0.5, 0.6) is 0 Å². The van der Waals surface area contributed by atoms with Gasteiger partial charge in [0, 0.05) is 56.5 Å². The minimum atomic E-state index is -0.583. The third kappa shape index (κ3) is 4.19. The van der Waals surface area contributed by atoms with Gasteiger partial charge in [-0.25, -0.2) is 8.78 Å². The number of hydrogen-bond acceptors (Lipinski definition) is 7. The molecule has 4 N–H and O–H groups in total. The number of aliphatic hydroxyl groups excluding tert-OH is 1. The standard InChI is InChI=1S/C19H26F2N4OS.CH4O/c20-11-2-3-14(21)13(6-11)18-15(22)7-12(10-26-18)24-8-16-17(9-24)25-4-1-5-27-19(25)23-16;1-2/h2-3,6,12,15-19,23H,1,4-5,7-10,22H2;2H,1H3/t12?,15?,16?,17?,18-,19?;/m1./s1. The number of nitrogens with two attached hydrogens (primary N) is 1. The van der Waals surface area contributed by atoms with Crippen LogP contribution in [0.4, 0.5) is 8.78 Å². The molecular formula is C20H30F2N4O2S. The molecule has 29 heavy (non-hydrogen) atoms. The first-order valence-corrected chi connectivity index (χ1v) is 11.3. The molecule has 9 heteroatoms. The van der Waals surface area contributed by atoms with Crippen LogP contribution in [0.1, 0.15) is 24.5 Å². The molecule has 162 valence electrons. The summed E-state index contributed by atoms with van der Waals surface area (Å²) in [6.45, 7) is 3.69. The van der Waals surface area contributed by atoms with Gasteiger partial charge in [-0.15, -0.1) is 11.8 Å². The Hall–Kier alpha value is -0.810. The van der Waals surface area contributed by atoms with E-state index in [1.165, 1.54) is 24.8 Å². The fraction of sp³-hybridized carbons (Fsp3) is 0.700. The second-order valence-corrected chi connectivity index (χ2v) is 9.27. The highest BCUT2D eigenvalue weighted by Gasteiger charge is 2.49. The Morgan fingerprint density at radius 2 is 2.10 bits per heavy atom. The van der Waals surface area contributed by atoms with Crippen LogP contribution in [0.25, 0.3) is 0 Å². The van der Waals surface area contributed by atoms with E-state index in [1.807, 2.05) is 11.8 Å². The molecule has 6 atom stereocenters. The number of nitrogens with zero attached hydrogens (tertiary/aromatic N) is 2. The molecule has 0 aromatic heterocycles. The number of thioether (sulfide) groups is 1. The van der Waals surface area contributed by atoms with Gasteiger partial charge in [0.1, 0.15) is 23.2 Å². The summed E-state index contributed by atoms with van der Waals surface area (Å²) in [4.78, 5) is 5.07. The van der Waals surface area contributed by atoms with Crippen molar-refractivity contribution in [2.24, 2.45) is 5.73 Å². The van der Waals surface area contributed by atoms with Crippen molar-refractivity contribution < 1.29 is 18.6 Å². The van der Waals surface area contributed by atoms with Crippen molar-refractivity contribution in [3.05, 3.63) is 35.4 Å². The van der Waals surface area contributed by atoms with Gasteiger partial charge in [0.15, 0.2) is 0 Å². The first kappa shape index (κ1) is 21.4. The van der Waals surface area contributed by atoms with Gasteiger partial charge in [-0.3, -0.25) is 15.1 Å². The van der Waals surface area contributed by atoms with Gasteiger partial charge in [-0.1, -0.05) is 0 Å². The van der Waals surface area contributed by atoms with E-state index in [1.54, 1.807) is 0 Å². The number of likely N-dealkylation sites (tertiary alicyclic amines) is 1. The van der Waals surface area contributed by atoms with Crippen LogP contribution in [-0.4, -0.2) is 83.7 Å². The predicted octanol–water partition coefficient (Wildman–Crippen LogP) is 1.11. The van der Waals surface area contributed by atoms with E-state index in [0.29, 0.717) is 24.2 Å². The number of ether oxygens (including phenoxy) is 1. The summed E-state index contributed by atoms with van der Waals surface area (Å²) in [7, 11) is 1.00. The molecule has 4 saturated heterocycles. The van der Waals surface area contributed by atoms with Crippen molar-refractivity contribution in [2.75, 3.05) is 39.1 Å². The Morgan fingerprint density at radius 1 is 1.28 bits per heavy atom. The van der Waals surface area contributed by atoms with E-state index in [-0.39, 0.29) is 17.6 Å². The molecule has 4 aliphatic rings. The van der Waals surface area contributed by atoms with Crippen LogP contribution in [0, 0.1) is 11.6 Å². The van der Waals surface area contributed by atoms with Crippen LogP contribution in [0.2, 0.25) is 0 Å². The Morgan fingerprint density at radius 3 is 2.90 bits per heavy atom. The Labute approximate surface area is 174 Å². The van der Waals surface area contributed by atoms with Crippen LogP contribution in [0.15, 0.2) is 18.2 Å². The van der Waals surface area contributed by atoms with E-state index in [9.17, 15) is 8.78 Å². The van der Waals surface area contributed by atoms with Crippen molar-refractivity contribution in [1.29, 1.82) is 0 Å². The van der Waals surface area contributed by atoms with Gasteiger partial charge in [-0.2, -0.15) is 0 Å². The molecule has 5 rings (SSSR count). The summed E-state index contributed by atoms with van der Waals surface area (Å²) < 4.78 is 33.6. The molecule has 6 nitrogen and oxygen atoms in total. The zero-order chi connectivity index (χ0) is 20.5. The molecule has 4 heterocycles. The molecule has 0 bridgehead atoms.